The summed E-state index contributed by atoms with van der Waals surface area (Å²) in [5.74, 6) is 0.522. The Labute approximate surface area is 112 Å². The molecule has 0 aromatic carbocycles. The topological polar surface area (TPSA) is 26.7 Å². The van der Waals surface area contributed by atoms with E-state index >= 15 is 0 Å². The van der Waals surface area contributed by atoms with E-state index in [0.29, 0.717) is 12.0 Å². The fraction of sp³-hybridized carbons (Fsp3) is 1.00. The second-order valence-corrected chi connectivity index (χ2v) is 6.27. The van der Waals surface area contributed by atoms with Crippen molar-refractivity contribution in [3.05, 3.63) is 0 Å². The zero-order valence-corrected chi connectivity index (χ0v) is 12.1. The summed E-state index contributed by atoms with van der Waals surface area (Å²) in [5.41, 5.74) is 0. The molecule has 0 radical (unpaired) electrons. The molecular formula is C15H30N2O. The summed E-state index contributed by atoms with van der Waals surface area (Å²) in [6.07, 6.45) is 7.28. The summed E-state index contributed by atoms with van der Waals surface area (Å²) in [4.78, 5) is 5.08. The highest BCUT2D eigenvalue weighted by molar-refractivity contribution is 4.83. The van der Waals surface area contributed by atoms with Crippen LogP contribution in [-0.4, -0.2) is 60.3 Å². The Hall–Kier alpha value is -0.120. The lowest BCUT2D eigenvalue weighted by Crippen LogP contribution is -2.52. The number of hydrogen-bond donors (Lipinski definition) is 1. The van der Waals surface area contributed by atoms with E-state index in [1.54, 1.807) is 0 Å². The summed E-state index contributed by atoms with van der Waals surface area (Å²) >= 11 is 0. The van der Waals surface area contributed by atoms with Gasteiger partial charge in [-0.2, -0.15) is 0 Å². The summed E-state index contributed by atoms with van der Waals surface area (Å²) < 4.78 is 0. The van der Waals surface area contributed by atoms with Crippen molar-refractivity contribution in [2.45, 2.75) is 57.6 Å². The first-order valence-electron chi connectivity index (χ1n) is 7.81. The first kappa shape index (κ1) is 14.3. The molecule has 1 heterocycles. The summed E-state index contributed by atoms with van der Waals surface area (Å²) in [5, 5.41) is 10.2. The third kappa shape index (κ3) is 3.69. The fourth-order valence-corrected chi connectivity index (χ4v) is 3.53. The molecular weight excluding hydrogens is 224 g/mol. The van der Waals surface area contributed by atoms with Crippen LogP contribution in [0.4, 0.5) is 0 Å². The van der Waals surface area contributed by atoms with Gasteiger partial charge in [-0.15, -0.1) is 0 Å². The summed E-state index contributed by atoms with van der Waals surface area (Å²) in [6.45, 7) is 6.95. The van der Waals surface area contributed by atoms with E-state index < -0.39 is 0 Å². The number of likely N-dealkylation sites (N-methyl/N-ethyl adjacent to an activating group) is 1. The maximum atomic E-state index is 10.2. The second kappa shape index (κ2) is 6.88. The van der Waals surface area contributed by atoms with Gasteiger partial charge in [0, 0.05) is 32.2 Å². The van der Waals surface area contributed by atoms with Gasteiger partial charge in [0.1, 0.15) is 0 Å². The number of aliphatic hydroxyl groups is 1. The molecule has 1 N–H and O–H groups in total. The lowest BCUT2D eigenvalue weighted by Gasteiger charge is -2.41. The average Bonchev–Trinajstić information content (AvgIpc) is 2.57. The Kier molecular flexibility index (Phi) is 5.46. The Morgan fingerprint density at radius 2 is 1.89 bits per heavy atom. The Morgan fingerprint density at radius 1 is 1.11 bits per heavy atom. The highest BCUT2D eigenvalue weighted by Gasteiger charge is 2.28. The quantitative estimate of drug-likeness (QED) is 0.780. The van der Waals surface area contributed by atoms with Gasteiger partial charge in [-0.3, -0.25) is 0 Å². The molecule has 2 rings (SSSR count). The van der Waals surface area contributed by atoms with Crippen LogP contribution in [-0.2, 0) is 0 Å². The summed E-state index contributed by atoms with van der Waals surface area (Å²) in [6, 6.07) is 0.710. The van der Waals surface area contributed by atoms with E-state index in [1.807, 2.05) is 0 Å². The molecule has 3 atom stereocenters. The van der Waals surface area contributed by atoms with Gasteiger partial charge in [0.25, 0.3) is 0 Å². The normalized spacial score (nSPS) is 36.5. The Balaban J connectivity index is 1.84. The number of hydrogen-bond acceptors (Lipinski definition) is 3. The van der Waals surface area contributed by atoms with Crippen LogP contribution >= 0.6 is 0 Å². The van der Waals surface area contributed by atoms with Crippen molar-refractivity contribution >= 4 is 0 Å². The van der Waals surface area contributed by atoms with Gasteiger partial charge in [0.2, 0.25) is 0 Å². The molecule has 3 heteroatoms. The number of piperazine rings is 1. The van der Waals surface area contributed by atoms with Crippen LogP contribution in [0.1, 0.15) is 45.4 Å². The van der Waals surface area contributed by atoms with Gasteiger partial charge in [0.05, 0.1) is 6.10 Å². The third-order valence-corrected chi connectivity index (χ3v) is 4.94. The van der Waals surface area contributed by atoms with E-state index in [-0.39, 0.29) is 6.10 Å². The predicted molar refractivity (Wildman–Crippen MR) is 75.7 cm³/mol. The molecule has 1 aliphatic heterocycles. The van der Waals surface area contributed by atoms with E-state index in [9.17, 15) is 5.11 Å². The summed E-state index contributed by atoms with van der Waals surface area (Å²) in [7, 11) is 2.24. The molecule has 0 spiro atoms. The number of rotatable bonds is 3. The van der Waals surface area contributed by atoms with E-state index in [1.165, 1.54) is 51.7 Å². The maximum absolute atomic E-state index is 10.2. The van der Waals surface area contributed by atoms with Crippen LogP contribution in [0.15, 0.2) is 0 Å². The molecule has 2 fully saturated rings. The van der Waals surface area contributed by atoms with Crippen LogP contribution in [0.3, 0.4) is 0 Å². The standard InChI is InChI=1S/C15H30N2O/c1-3-14-12-17(10-9-16(14)2)11-13-7-5-4-6-8-15(13)18/h13-15,18H,3-12H2,1-2H3. The smallest absolute Gasteiger partial charge is 0.0580 e. The molecule has 106 valence electrons. The molecule has 0 amide bonds. The second-order valence-electron chi connectivity index (χ2n) is 6.27. The average molecular weight is 254 g/mol. The molecule has 18 heavy (non-hydrogen) atoms. The Morgan fingerprint density at radius 3 is 2.67 bits per heavy atom. The van der Waals surface area contributed by atoms with E-state index in [0.717, 1.165) is 13.0 Å². The maximum Gasteiger partial charge on any atom is 0.0580 e. The lowest BCUT2D eigenvalue weighted by molar-refractivity contribution is 0.0393. The Bertz CT molecular complexity index is 247. The highest BCUT2D eigenvalue weighted by Crippen LogP contribution is 2.25. The largest absolute Gasteiger partial charge is 0.393 e. The van der Waals surface area contributed by atoms with Gasteiger partial charge in [-0.1, -0.05) is 26.2 Å². The molecule has 0 aromatic heterocycles. The van der Waals surface area contributed by atoms with Crippen molar-refractivity contribution in [2.24, 2.45) is 5.92 Å². The van der Waals surface area contributed by atoms with Gasteiger partial charge in [-0.05, 0) is 32.2 Å². The van der Waals surface area contributed by atoms with Crippen LogP contribution < -0.4 is 0 Å². The van der Waals surface area contributed by atoms with Crippen molar-refractivity contribution in [1.82, 2.24) is 9.80 Å². The van der Waals surface area contributed by atoms with Gasteiger partial charge < -0.3 is 14.9 Å². The van der Waals surface area contributed by atoms with Gasteiger partial charge in [-0.25, -0.2) is 0 Å². The SMILES string of the molecule is CCC1CN(CC2CCCCCC2O)CCN1C. The predicted octanol–water partition coefficient (Wildman–Crippen LogP) is 1.95. The molecule has 0 bridgehead atoms. The lowest BCUT2D eigenvalue weighted by atomic mass is 9.96. The molecule has 1 aliphatic carbocycles. The highest BCUT2D eigenvalue weighted by atomic mass is 16.3. The molecule has 1 saturated heterocycles. The van der Waals surface area contributed by atoms with Crippen LogP contribution in [0.2, 0.25) is 0 Å². The van der Waals surface area contributed by atoms with Crippen molar-refractivity contribution < 1.29 is 5.11 Å². The van der Waals surface area contributed by atoms with Crippen molar-refractivity contribution in [2.75, 3.05) is 33.2 Å². The van der Waals surface area contributed by atoms with Gasteiger partial charge in [0.15, 0.2) is 0 Å². The first-order valence-corrected chi connectivity index (χ1v) is 7.81. The molecule has 2 aliphatic rings. The van der Waals surface area contributed by atoms with Crippen LogP contribution in [0.25, 0.3) is 0 Å². The minimum absolute atomic E-state index is 0.0489. The minimum atomic E-state index is -0.0489. The van der Waals surface area contributed by atoms with Gasteiger partial charge >= 0.3 is 0 Å². The third-order valence-electron chi connectivity index (χ3n) is 4.94. The van der Waals surface area contributed by atoms with Crippen molar-refractivity contribution in [3.8, 4) is 0 Å². The van der Waals surface area contributed by atoms with Crippen LogP contribution in [0.5, 0.6) is 0 Å². The molecule has 1 saturated carbocycles. The van der Waals surface area contributed by atoms with Crippen molar-refractivity contribution in [1.29, 1.82) is 0 Å². The monoisotopic (exact) mass is 254 g/mol. The fourth-order valence-electron chi connectivity index (χ4n) is 3.53. The first-order chi connectivity index (χ1) is 8.70. The minimum Gasteiger partial charge on any atom is -0.393 e. The van der Waals surface area contributed by atoms with Crippen molar-refractivity contribution in [3.63, 3.8) is 0 Å². The van der Waals surface area contributed by atoms with E-state index in [4.69, 9.17) is 0 Å². The number of aliphatic hydroxyl groups excluding tert-OH is 1. The zero-order chi connectivity index (χ0) is 13.0. The van der Waals surface area contributed by atoms with Crippen LogP contribution in [0, 0.1) is 5.92 Å². The number of nitrogens with zero attached hydrogens (tertiary/aromatic N) is 2. The molecule has 0 aromatic rings. The van der Waals surface area contributed by atoms with E-state index in [2.05, 4.69) is 23.8 Å². The zero-order valence-electron chi connectivity index (χ0n) is 12.1. The molecule has 3 nitrogen and oxygen atoms in total. The molecule has 3 unspecified atom stereocenters.